The van der Waals surface area contributed by atoms with Crippen LogP contribution < -0.4 is 9.47 Å². The number of nitrogens with zero attached hydrogens (tertiary/aromatic N) is 1. The SMILES string of the molecule is CCC(C)C(C(=O)OCc1csc(-c2cccc(OC)c2OC)n1)c1ccccc1. The smallest absolute Gasteiger partial charge is 0.314 e. The van der Waals surface area contributed by atoms with Gasteiger partial charge >= 0.3 is 5.97 Å². The van der Waals surface area contributed by atoms with E-state index in [0.29, 0.717) is 17.2 Å². The number of hydrogen-bond donors (Lipinski definition) is 0. The molecule has 0 spiro atoms. The van der Waals surface area contributed by atoms with Crippen LogP contribution in [0.2, 0.25) is 0 Å². The van der Waals surface area contributed by atoms with E-state index in [4.69, 9.17) is 14.2 Å². The van der Waals surface area contributed by atoms with Crippen LogP contribution in [0.5, 0.6) is 11.5 Å². The molecule has 0 N–H and O–H groups in total. The molecular formula is C24H27NO4S. The van der Waals surface area contributed by atoms with Crippen LogP contribution in [0.15, 0.2) is 53.9 Å². The zero-order valence-electron chi connectivity index (χ0n) is 17.8. The molecule has 2 atom stereocenters. The molecule has 0 fully saturated rings. The molecule has 5 nitrogen and oxygen atoms in total. The van der Waals surface area contributed by atoms with Crippen molar-refractivity contribution in [3.05, 3.63) is 65.2 Å². The maximum Gasteiger partial charge on any atom is 0.314 e. The predicted octanol–water partition coefficient (Wildman–Crippen LogP) is 5.70. The minimum atomic E-state index is -0.284. The summed E-state index contributed by atoms with van der Waals surface area (Å²) in [7, 11) is 3.21. The second kappa shape index (κ2) is 10.3. The van der Waals surface area contributed by atoms with Crippen LogP contribution in [0.3, 0.4) is 0 Å². The van der Waals surface area contributed by atoms with E-state index in [0.717, 1.165) is 22.6 Å². The van der Waals surface area contributed by atoms with Crippen molar-refractivity contribution >= 4 is 17.3 Å². The summed E-state index contributed by atoms with van der Waals surface area (Å²) in [5.41, 5.74) is 2.54. The van der Waals surface area contributed by atoms with Crippen LogP contribution in [-0.4, -0.2) is 25.2 Å². The summed E-state index contributed by atoms with van der Waals surface area (Å²) in [6.45, 7) is 4.30. The minimum Gasteiger partial charge on any atom is -0.493 e. The number of carbonyl (C=O) groups is 1. The molecule has 0 radical (unpaired) electrons. The maximum absolute atomic E-state index is 12.9. The highest BCUT2D eigenvalue weighted by atomic mass is 32.1. The molecule has 158 valence electrons. The Kier molecular flexibility index (Phi) is 7.46. The van der Waals surface area contributed by atoms with E-state index in [1.165, 1.54) is 11.3 Å². The lowest BCUT2D eigenvalue weighted by Crippen LogP contribution is -2.22. The van der Waals surface area contributed by atoms with Gasteiger partial charge in [0.15, 0.2) is 11.5 Å². The number of thiazole rings is 1. The quantitative estimate of drug-likeness (QED) is 0.412. The van der Waals surface area contributed by atoms with Gasteiger partial charge in [0.25, 0.3) is 0 Å². The molecule has 1 heterocycles. The Morgan fingerprint density at radius 3 is 2.50 bits per heavy atom. The second-order valence-corrected chi connectivity index (χ2v) is 7.92. The molecule has 0 aliphatic carbocycles. The molecule has 0 saturated carbocycles. The van der Waals surface area contributed by atoms with E-state index in [-0.39, 0.29) is 24.4 Å². The molecule has 0 bridgehead atoms. The van der Waals surface area contributed by atoms with Gasteiger partial charge in [0, 0.05) is 5.38 Å². The van der Waals surface area contributed by atoms with Gasteiger partial charge in [0.1, 0.15) is 11.6 Å². The van der Waals surface area contributed by atoms with Gasteiger partial charge in [-0.15, -0.1) is 11.3 Å². The number of esters is 1. The summed E-state index contributed by atoms with van der Waals surface area (Å²) in [4.78, 5) is 17.5. The summed E-state index contributed by atoms with van der Waals surface area (Å²) in [6, 6.07) is 15.5. The lowest BCUT2D eigenvalue weighted by molar-refractivity contribution is -0.148. The Morgan fingerprint density at radius 1 is 1.07 bits per heavy atom. The van der Waals surface area contributed by atoms with E-state index >= 15 is 0 Å². The summed E-state index contributed by atoms with van der Waals surface area (Å²) < 4.78 is 16.5. The highest BCUT2D eigenvalue weighted by molar-refractivity contribution is 7.13. The Balaban J connectivity index is 1.74. The number of aromatic nitrogens is 1. The molecule has 1 aromatic heterocycles. The van der Waals surface area contributed by atoms with Gasteiger partial charge in [-0.05, 0) is 23.6 Å². The van der Waals surface area contributed by atoms with Crippen molar-refractivity contribution in [1.29, 1.82) is 0 Å². The number of ether oxygens (including phenoxy) is 3. The van der Waals surface area contributed by atoms with Crippen molar-refractivity contribution in [1.82, 2.24) is 4.98 Å². The first kappa shape index (κ1) is 21.8. The summed E-state index contributed by atoms with van der Waals surface area (Å²) in [6.07, 6.45) is 0.894. The Bertz CT molecular complexity index is 970. The van der Waals surface area contributed by atoms with Crippen molar-refractivity contribution in [3.8, 4) is 22.1 Å². The monoisotopic (exact) mass is 425 g/mol. The number of methoxy groups -OCH3 is 2. The number of para-hydroxylation sites is 1. The van der Waals surface area contributed by atoms with Crippen LogP contribution in [-0.2, 0) is 16.1 Å². The topological polar surface area (TPSA) is 57.7 Å². The highest BCUT2D eigenvalue weighted by Crippen LogP contribution is 2.39. The van der Waals surface area contributed by atoms with E-state index in [9.17, 15) is 4.79 Å². The molecule has 30 heavy (non-hydrogen) atoms. The van der Waals surface area contributed by atoms with Crippen molar-refractivity contribution in [2.45, 2.75) is 32.8 Å². The molecule has 0 aliphatic rings. The number of rotatable bonds is 9. The van der Waals surface area contributed by atoms with E-state index in [1.54, 1.807) is 14.2 Å². The van der Waals surface area contributed by atoms with Gasteiger partial charge in [-0.2, -0.15) is 0 Å². The van der Waals surface area contributed by atoms with E-state index in [2.05, 4.69) is 18.8 Å². The first-order valence-corrected chi connectivity index (χ1v) is 10.8. The van der Waals surface area contributed by atoms with Crippen molar-refractivity contribution < 1.29 is 19.0 Å². The fraction of sp³-hybridized carbons (Fsp3) is 0.333. The lowest BCUT2D eigenvalue weighted by atomic mass is 9.86. The minimum absolute atomic E-state index is 0.140. The van der Waals surface area contributed by atoms with Crippen LogP contribution >= 0.6 is 11.3 Å². The first-order valence-electron chi connectivity index (χ1n) is 9.96. The van der Waals surface area contributed by atoms with Crippen LogP contribution in [0, 0.1) is 5.92 Å². The Morgan fingerprint density at radius 2 is 1.83 bits per heavy atom. The number of hydrogen-bond acceptors (Lipinski definition) is 6. The summed E-state index contributed by atoms with van der Waals surface area (Å²) >= 11 is 1.48. The molecular weight excluding hydrogens is 398 g/mol. The fourth-order valence-corrected chi connectivity index (χ4v) is 4.21. The molecule has 2 unspecified atom stereocenters. The van der Waals surface area contributed by atoms with Crippen LogP contribution in [0.4, 0.5) is 0 Å². The normalized spacial score (nSPS) is 12.8. The zero-order chi connectivity index (χ0) is 21.5. The van der Waals surface area contributed by atoms with Gasteiger partial charge in [-0.3, -0.25) is 4.79 Å². The first-order chi connectivity index (χ1) is 14.6. The van der Waals surface area contributed by atoms with Gasteiger partial charge in [-0.1, -0.05) is 56.7 Å². The molecule has 3 rings (SSSR count). The van der Waals surface area contributed by atoms with Gasteiger partial charge in [-0.25, -0.2) is 4.98 Å². The fourth-order valence-electron chi connectivity index (χ4n) is 3.38. The molecule has 0 amide bonds. The highest BCUT2D eigenvalue weighted by Gasteiger charge is 2.27. The summed E-state index contributed by atoms with van der Waals surface area (Å²) in [5, 5.41) is 2.70. The molecule has 6 heteroatoms. The largest absolute Gasteiger partial charge is 0.493 e. The van der Waals surface area contributed by atoms with Gasteiger partial charge in [0.2, 0.25) is 0 Å². The van der Waals surface area contributed by atoms with Crippen LogP contribution in [0.25, 0.3) is 10.6 Å². The number of carbonyl (C=O) groups excluding carboxylic acids is 1. The third kappa shape index (κ3) is 4.82. The zero-order valence-corrected chi connectivity index (χ0v) is 18.6. The third-order valence-corrected chi connectivity index (χ3v) is 6.10. The van der Waals surface area contributed by atoms with Gasteiger partial charge in [0.05, 0.1) is 31.4 Å². The molecule has 0 saturated heterocycles. The van der Waals surface area contributed by atoms with Crippen molar-refractivity contribution in [3.63, 3.8) is 0 Å². The van der Waals surface area contributed by atoms with Crippen LogP contribution in [0.1, 0.15) is 37.4 Å². The average Bonchev–Trinajstić information content (AvgIpc) is 3.26. The van der Waals surface area contributed by atoms with Gasteiger partial charge < -0.3 is 14.2 Å². The predicted molar refractivity (Wildman–Crippen MR) is 119 cm³/mol. The maximum atomic E-state index is 12.9. The molecule has 2 aromatic carbocycles. The summed E-state index contributed by atoms with van der Waals surface area (Å²) in [5.74, 6) is 0.972. The Labute approximate surface area is 181 Å². The van der Waals surface area contributed by atoms with E-state index in [1.807, 2.05) is 53.9 Å². The average molecular weight is 426 g/mol. The molecule has 0 aliphatic heterocycles. The molecule has 3 aromatic rings. The van der Waals surface area contributed by atoms with E-state index < -0.39 is 0 Å². The Hall–Kier alpha value is -2.86. The lowest BCUT2D eigenvalue weighted by Gasteiger charge is -2.21. The van der Waals surface area contributed by atoms with Crippen molar-refractivity contribution in [2.24, 2.45) is 5.92 Å². The standard InChI is InChI=1S/C24H27NO4S/c1-5-16(2)21(17-10-7-6-8-11-17)24(26)29-14-18-15-30-23(25-18)19-12-9-13-20(27-3)22(19)28-4/h6-13,15-16,21H,5,14H2,1-4H3. The second-order valence-electron chi connectivity index (χ2n) is 7.07. The number of benzene rings is 2. The van der Waals surface area contributed by atoms with Crippen molar-refractivity contribution in [2.75, 3.05) is 14.2 Å². The third-order valence-electron chi connectivity index (χ3n) is 5.17.